The molecule has 2 aromatic carbocycles. The predicted octanol–water partition coefficient (Wildman–Crippen LogP) is 3.87. The minimum atomic E-state index is -3.53. The summed E-state index contributed by atoms with van der Waals surface area (Å²) in [6.07, 6.45) is 0. The summed E-state index contributed by atoms with van der Waals surface area (Å²) in [4.78, 5) is 0.260. The number of anilines is 1. The Morgan fingerprint density at radius 3 is 2.16 bits per heavy atom. The maximum absolute atomic E-state index is 12.2. The third-order valence-electron chi connectivity index (χ3n) is 2.63. The van der Waals surface area contributed by atoms with Gasteiger partial charge in [-0.25, -0.2) is 8.42 Å². The van der Waals surface area contributed by atoms with E-state index in [1.165, 1.54) is 0 Å². The molecule has 0 aromatic heterocycles. The lowest BCUT2D eigenvalue weighted by atomic mass is 10.2. The Hall–Kier alpha value is -1.33. The molecule has 1 N–H and O–H groups in total. The first-order chi connectivity index (χ1) is 8.87. The van der Waals surface area contributed by atoms with E-state index in [1.807, 2.05) is 19.9 Å². The van der Waals surface area contributed by atoms with E-state index >= 15 is 0 Å². The molecule has 100 valence electrons. The van der Waals surface area contributed by atoms with Crippen molar-refractivity contribution in [2.75, 3.05) is 4.72 Å². The Morgan fingerprint density at radius 1 is 0.947 bits per heavy atom. The zero-order chi connectivity index (χ0) is 14.0. The van der Waals surface area contributed by atoms with Gasteiger partial charge in [0.05, 0.1) is 10.6 Å². The molecule has 0 radical (unpaired) electrons. The molecule has 0 atom stereocenters. The fourth-order valence-electron chi connectivity index (χ4n) is 1.73. The molecule has 0 spiro atoms. The van der Waals surface area contributed by atoms with Gasteiger partial charge in [0.2, 0.25) is 0 Å². The van der Waals surface area contributed by atoms with E-state index in [1.54, 1.807) is 36.4 Å². The van der Waals surface area contributed by atoms with Crippen LogP contribution in [0.2, 0.25) is 0 Å². The maximum Gasteiger partial charge on any atom is 0.261 e. The van der Waals surface area contributed by atoms with Gasteiger partial charge >= 0.3 is 0 Å². The van der Waals surface area contributed by atoms with E-state index in [2.05, 4.69) is 20.7 Å². The molecule has 2 rings (SSSR count). The summed E-state index contributed by atoms with van der Waals surface area (Å²) < 4.78 is 27.8. The van der Waals surface area contributed by atoms with E-state index in [0.29, 0.717) is 5.69 Å². The van der Waals surface area contributed by atoms with Crippen molar-refractivity contribution in [1.29, 1.82) is 0 Å². The summed E-state index contributed by atoms with van der Waals surface area (Å²) in [5.41, 5.74) is 2.56. The summed E-state index contributed by atoms with van der Waals surface area (Å²) in [5, 5.41) is 0. The molecule has 0 heterocycles. The molecule has 0 saturated heterocycles. The molecule has 19 heavy (non-hydrogen) atoms. The number of nitrogens with one attached hydrogen (secondary N) is 1. The van der Waals surface area contributed by atoms with Crippen LogP contribution in [0.25, 0.3) is 0 Å². The highest BCUT2D eigenvalue weighted by molar-refractivity contribution is 9.10. The molecular weight excluding hydrogens is 326 g/mol. The van der Waals surface area contributed by atoms with Gasteiger partial charge in [0.15, 0.2) is 0 Å². The summed E-state index contributed by atoms with van der Waals surface area (Å²) in [6.45, 7) is 3.83. The van der Waals surface area contributed by atoms with Crippen LogP contribution < -0.4 is 4.72 Å². The lowest BCUT2D eigenvalue weighted by Gasteiger charge is -2.09. The van der Waals surface area contributed by atoms with Crippen LogP contribution in [0.5, 0.6) is 0 Å². The van der Waals surface area contributed by atoms with Gasteiger partial charge in [0, 0.05) is 4.47 Å². The van der Waals surface area contributed by atoms with Gasteiger partial charge in [0.25, 0.3) is 10.0 Å². The molecule has 0 amide bonds. The number of rotatable bonds is 3. The standard InChI is InChI=1S/C14H14BrNO2S/c1-10-3-5-14(6-4-10)19(17,18)16-13-8-11(2)7-12(15)9-13/h3-9,16H,1-2H3. The first kappa shape index (κ1) is 14.1. The van der Waals surface area contributed by atoms with Crippen molar-refractivity contribution >= 4 is 31.6 Å². The SMILES string of the molecule is Cc1ccc(S(=O)(=O)Nc2cc(C)cc(Br)c2)cc1. The first-order valence-electron chi connectivity index (χ1n) is 5.73. The van der Waals surface area contributed by atoms with Crippen molar-refractivity contribution in [1.82, 2.24) is 0 Å². The van der Waals surface area contributed by atoms with Crippen molar-refractivity contribution in [3.8, 4) is 0 Å². The Balaban J connectivity index is 2.33. The van der Waals surface area contributed by atoms with Crippen molar-refractivity contribution < 1.29 is 8.42 Å². The lowest BCUT2D eigenvalue weighted by Crippen LogP contribution is -2.13. The average Bonchev–Trinajstić information content (AvgIpc) is 2.27. The fraction of sp³-hybridized carbons (Fsp3) is 0.143. The molecule has 2 aromatic rings. The molecule has 0 aliphatic carbocycles. The van der Waals surface area contributed by atoms with Crippen LogP contribution in [-0.2, 0) is 10.0 Å². The molecule has 0 fully saturated rings. The van der Waals surface area contributed by atoms with Crippen molar-refractivity contribution in [3.63, 3.8) is 0 Å². The number of hydrogen-bond acceptors (Lipinski definition) is 2. The summed E-state index contributed by atoms with van der Waals surface area (Å²) >= 11 is 3.35. The number of hydrogen-bond donors (Lipinski definition) is 1. The van der Waals surface area contributed by atoms with E-state index in [9.17, 15) is 8.42 Å². The molecule has 0 unspecified atom stereocenters. The molecule has 0 bridgehead atoms. The van der Waals surface area contributed by atoms with E-state index in [4.69, 9.17) is 0 Å². The maximum atomic E-state index is 12.2. The van der Waals surface area contributed by atoms with Gasteiger partial charge < -0.3 is 0 Å². The first-order valence-corrected chi connectivity index (χ1v) is 8.01. The van der Waals surface area contributed by atoms with Crippen molar-refractivity contribution in [2.45, 2.75) is 18.7 Å². The quantitative estimate of drug-likeness (QED) is 0.922. The van der Waals surface area contributed by atoms with Gasteiger partial charge in [-0.2, -0.15) is 0 Å². The number of halogens is 1. The Labute approximate surface area is 121 Å². The average molecular weight is 340 g/mol. The smallest absolute Gasteiger partial charge is 0.261 e. The topological polar surface area (TPSA) is 46.2 Å². The predicted molar refractivity (Wildman–Crippen MR) is 80.9 cm³/mol. The van der Waals surface area contributed by atoms with E-state index in [0.717, 1.165) is 15.6 Å². The van der Waals surface area contributed by atoms with Crippen molar-refractivity contribution in [3.05, 3.63) is 58.1 Å². The third kappa shape index (κ3) is 3.58. The second-order valence-electron chi connectivity index (χ2n) is 4.44. The van der Waals surface area contributed by atoms with Gasteiger partial charge in [-0.1, -0.05) is 33.6 Å². The largest absolute Gasteiger partial charge is 0.280 e. The van der Waals surface area contributed by atoms with E-state index < -0.39 is 10.0 Å². The van der Waals surface area contributed by atoms with Crippen LogP contribution in [0.4, 0.5) is 5.69 Å². The zero-order valence-corrected chi connectivity index (χ0v) is 13.0. The fourth-order valence-corrected chi connectivity index (χ4v) is 3.37. The second kappa shape index (κ2) is 5.35. The van der Waals surface area contributed by atoms with Gasteiger partial charge in [-0.3, -0.25) is 4.72 Å². The molecular formula is C14H14BrNO2S. The van der Waals surface area contributed by atoms with Crippen LogP contribution in [0, 0.1) is 13.8 Å². The molecule has 5 heteroatoms. The number of sulfonamides is 1. The molecule has 0 aliphatic rings. The Kier molecular flexibility index (Phi) is 3.96. The highest BCUT2D eigenvalue weighted by Gasteiger charge is 2.14. The van der Waals surface area contributed by atoms with E-state index in [-0.39, 0.29) is 4.90 Å². The van der Waals surface area contributed by atoms with Gasteiger partial charge in [-0.15, -0.1) is 0 Å². The van der Waals surface area contributed by atoms with Gasteiger partial charge in [0.1, 0.15) is 0 Å². The van der Waals surface area contributed by atoms with Crippen LogP contribution >= 0.6 is 15.9 Å². The minimum Gasteiger partial charge on any atom is -0.280 e. The second-order valence-corrected chi connectivity index (χ2v) is 7.03. The Bertz CT molecular complexity index is 674. The monoisotopic (exact) mass is 339 g/mol. The Morgan fingerprint density at radius 2 is 1.58 bits per heavy atom. The molecule has 3 nitrogen and oxygen atoms in total. The minimum absolute atomic E-state index is 0.260. The molecule has 0 aliphatic heterocycles. The summed E-state index contributed by atoms with van der Waals surface area (Å²) in [6, 6.07) is 12.2. The number of aryl methyl sites for hydroxylation is 2. The lowest BCUT2D eigenvalue weighted by molar-refractivity contribution is 0.601. The normalized spacial score (nSPS) is 11.3. The van der Waals surface area contributed by atoms with Crippen LogP contribution in [0.3, 0.4) is 0 Å². The van der Waals surface area contributed by atoms with Crippen LogP contribution in [0.1, 0.15) is 11.1 Å². The highest BCUT2D eigenvalue weighted by Crippen LogP contribution is 2.22. The summed E-state index contributed by atoms with van der Waals surface area (Å²) in [5.74, 6) is 0. The van der Waals surface area contributed by atoms with Crippen LogP contribution in [-0.4, -0.2) is 8.42 Å². The summed E-state index contributed by atoms with van der Waals surface area (Å²) in [7, 11) is -3.53. The van der Waals surface area contributed by atoms with Gasteiger partial charge in [-0.05, 0) is 49.7 Å². The third-order valence-corrected chi connectivity index (χ3v) is 4.48. The van der Waals surface area contributed by atoms with Crippen LogP contribution in [0.15, 0.2) is 51.8 Å². The van der Waals surface area contributed by atoms with Crippen molar-refractivity contribution in [2.24, 2.45) is 0 Å². The highest BCUT2D eigenvalue weighted by atomic mass is 79.9. The zero-order valence-electron chi connectivity index (χ0n) is 10.6. The number of benzene rings is 2. The molecule has 0 saturated carbocycles.